The summed E-state index contributed by atoms with van der Waals surface area (Å²) in [5, 5.41) is 8.17. The van der Waals surface area contributed by atoms with Crippen molar-refractivity contribution < 1.29 is 4.79 Å². The summed E-state index contributed by atoms with van der Waals surface area (Å²) in [5.41, 5.74) is 2.97. The standard InChI is InChI=1S/C16H18N4OS/c1-5-19(13-8-6-7-10(2)9-13)15(21)14-11(3)20-12(4)17-18-16(20)22-14/h6-9H,5H2,1-4H3. The first-order chi connectivity index (χ1) is 10.5. The van der Waals surface area contributed by atoms with E-state index >= 15 is 0 Å². The molecule has 3 rings (SSSR count). The van der Waals surface area contributed by atoms with Gasteiger partial charge in [-0.1, -0.05) is 23.5 Å². The van der Waals surface area contributed by atoms with Crippen LogP contribution in [0.5, 0.6) is 0 Å². The predicted octanol–water partition coefficient (Wildman–Crippen LogP) is 3.38. The quantitative estimate of drug-likeness (QED) is 0.744. The largest absolute Gasteiger partial charge is 0.308 e. The van der Waals surface area contributed by atoms with Gasteiger partial charge >= 0.3 is 0 Å². The minimum absolute atomic E-state index is 0.0144. The highest BCUT2D eigenvalue weighted by atomic mass is 32.1. The smallest absolute Gasteiger partial charge is 0.270 e. The highest BCUT2D eigenvalue weighted by Gasteiger charge is 2.23. The highest BCUT2D eigenvalue weighted by Crippen LogP contribution is 2.26. The molecule has 2 aromatic heterocycles. The first kappa shape index (κ1) is 14.7. The van der Waals surface area contributed by atoms with Gasteiger partial charge in [-0.05, 0) is 45.4 Å². The van der Waals surface area contributed by atoms with Crippen LogP contribution >= 0.6 is 11.3 Å². The molecule has 0 atom stereocenters. The Morgan fingerprint density at radius 2 is 2.05 bits per heavy atom. The second kappa shape index (κ2) is 5.53. The van der Waals surface area contributed by atoms with Crippen molar-refractivity contribution in [1.82, 2.24) is 14.6 Å². The van der Waals surface area contributed by atoms with Gasteiger partial charge in [0.25, 0.3) is 5.91 Å². The van der Waals surface area contributed by atoms with Gasteiger partial charge in [0.2, 0.25) is 4.96 Å². The number of thiazole rings is 1. The van der Waals surface area contributed by atoms with E-state index in [9.17, 15) is 4.79 Å². The van der Waals surface area contributed by atoms with Crippen molar-refractivity contribution in [3.05, 3.63) is 46.2 Å². The fourth-order valence-corrected chi connectivity index (χ4v) is 3.68. The molecule has 0 radical (unpaired) electrons. The molecular formula is C16H18N4OS. The van der Waals surface area contributed by atoms with E-state index in [1.165, 1.54) is 11.3 Å². The summed E-state index contributed by atoms with van der Waals surface area (Å²) < 4.78 is 1.93. The molecule has 3 aromatic rings. The van der Waals surface area contributed by atoms with Crippen LogP contribution in [-0.2, 0) is 0 Å². The molecule has 5 nitrogen and oxygen atoms in total. The molecule has 0 aliphatic heterocycles. The van der Waals surface area contributed by atoms with Gasteiger partial charge in [-0.2, -0.15) is 0 Å². The zero-order valence-electron chi connectivity index (χ0n) is 13.1. The molecule has 0 bridgehead atoms. The number of rotatable bonds is 3. The van der Waals surface area contributed by atoms with Crippen LogP contribution in [0, 0.1) is 20.8 Å². The maximum absolute atomic E-state index is 13.0. The lowest BCUT2D eigenvalue weighted by molar-refractivity contribution is 0.0991. The molecule has 22 heavy (non-hydrogen) atoms. The third-order valence-electron chi connectivity index (χ3n) is 3.72. The maximum Gasteiger partial charge on any atom is 0.270 e. The van der Waals surface area contributed by atoms with Gasteiger partial charge in [-0.25, -0.2) is 0 Å². The number of anilines is 1. The fourth-order valence-electron chi connectivity index (χ4n) is 2.62. The summed E-state index contributed by atoms with van der Waals surface area (Å²) in [5.74, 6) is 0.821. The first-order valence-corrected chi connectivity index (χ1v) is 8.04. The Morgan fingerprint density at radius 1 is 1.27 bits per heavy atom. The molecule has 6 heteroatoms. The number of nitrogens with zero attached hydrogens (tertiary/aromatic N) is 4. The van der Waals surface area contributed by atoms with E-state index in [1.807, 2.05) is 56.4 Å². The summed E-state index contributed by atoms with van der Waals surface area (Å²) in [6.07, 6.45) is 0. The van der Waals surface area contributed by atoms with Crippen LogP contribution in [0.15, 0.2) is 24.3 Å². The fraction of sp³-hybridized carbons (Fsp3) is 0.312. The van der Waals surface area contributed by atoms with E-state index in [2.05, 4.69) is 10.2 Å². The Labute approximate surface area is 133 Å². The van der Waals surface area contributed by atoms with E-state index in [0.717, 1.165) is 32.6 Å². The third-order valence-corrected chi connectivity index (χ3v) is 4.84. The van der Waals surface area contributed by atoms with E-state index < -0.39 is 0 Å². The summed E-state index contributed by atoms with van der Waals surface area (Å²) in [4.78, 5) is 16.2. The van der Waals surface area contributed by atoms with Crippen molar-refractivity contribution >= 4 is 27.9 Å². The average Bonchev–Trinajstić information content (AvgIpc) is 3.01. The number of aryl methyl sites for hydroxylation is 3. The van der Waals surface area contributed by atoms with Crippen LogP contribution in [0.2, 0.25) is 0 Å². The summed E-state index contributed by atoms with van der Waals surface area (Å²) >= 11 is 1.39. The number of aromatic nitrogens is 3. The number of benzene rings is 1. The predicted molar refractivity (Wildman–Crippen MR) is 88.9 cm³/mol. The molecule has 0 spiro atoms. The molecule has 0 saturated carbocycles. The zero-order valence-corrected chi connectivity index (χ0v) is 13.9. The molecule has 0 aliphatic carbocycles. The van der Waals surface area contributed by atoms with Crippen molar-refractivity contribution in [2.45, 2.75) is 27.7 Å². The SMILES string of the molecule is CCN(C(=O)c1sc2nnc(C)n2c1C)c1cccc(C)c1. The number of amides is 1. The molecular weight excluding hydrogens is 296 g/mol. The molecule has 0 saturated heterocycles. The molecule has 1 amide bonds. The van der Waals surface area contributed by atoms with Crippen molar-refractivity contribution in [1.29, 1.82) is 0 Å². The van der Waals surface area contributed by atoms with E-state index in [1.54, 1.807) is 4.90 Å². The van der Waals surface area contributed by atoms with Crippen molar-refractivity contribution in [3.8, 4) is 0 Å². The Bertz CT molecular complexity index is 849. The Balaban J connectivity index is 2.05. The van der Waals surface area contributed by atoms with Crippen molar-refractivity contribution in [2.24, 2.45) is 0 Å². The van der Waals surface area contributed by atoms with Gasteiger partial charge in [-0.3, -0.25) is 9.20 Å². The van der Waals surface area contributed by atoms with E-state index in [0.29, 0.717) is 6.54 Å². The number of carbonyl (C=O) groups excluding carboxylic acids is 1. The third kappa shape index (κ3) is 2.29. The van der Waals surface area contributed by atoms with Crippen LogP contribution in [0.4, 0.5) is 5.69 Å². The van der Waals surface area contributed by atoms with Crippen LogP contribution in [-0.4, -0.2) is 27.0 Å². The van der Waals surface area contributed by atoms with Crippen molar-refractivity contribution in [3.63, 3.8) is 0 Å². The average molecular weight is 314 g/mol. The number of fused-ring (bicyclic) bond motifs is 1. The molecule has 0 N–H and O–H groups in total. The topological polar surface area (TPSA) is 50.5 Å². The van der Waals surface area contributed by atoms with E-state index in [4.69, 9.17) is 0 Å². The number of hydrogen-bond donors (Lipinski definition) is 0. The zero-order chi connectivity index (χ0) is 15.9. The lowest BCUT2D eigenvalue weighted by atomic mass is 10.2. The van der Waals surface area contributed by atoms with Gasteiger partial charge in [-0.15, -0.1) is 10.2 Å². The van der Waals surface area contributed by atoms with Crippen LogP contribution in [0.25, 0.3) is 4.96 Å². The lowest BCUT2D eigenvalue weighted by Crippen LogP contribution is -2.30. The Morgan fingerprint density at radius 3 is 2.68 bits per heavy atom. The van der Waals surface area contributed by atoms with E-state index in [-0.39, 0.29) is 5.91 Å². The minimum atomic E-state index is 0.0144. The molecule has 1 aromatic carbocycles. The Hall–Kier alpha value is -2.21. The molecule has 0 fully saturated rings. The molecule has 0 unspecified atom stereocenters. The lowest BCUT2D eigenvalue weighted by Gasteiger charge is -2.21. The maximum atomic E-state index is 13.0. The van der Waals surface area contributed by atoms with Gasteiger partial charge in [0.05, 0.1) is 0 Å². The number of carbonyl (C=O) groups is 1. The van der Waals surface area contributed by atoms with Crippen molar-refractivity contribution in [2.75, 3.05) is 11.4 Å². The minimum Gasteiger partial charge on any atom is -0.308 e. The van der Waals surface area contributed by atoms with Crippen LogP contribution in [0.1, 0.15) is 33.7 Å². The molecule has 0 aliphatic rings. The highest BCUT2D eigenvalue weighted by molar-refractivity contribution is 7.19. The van der Waals surface area contributed by atoms with Gasteiger partial charge in [0.1, 0.15) is 10.7 Å². The van der Waals surface area contributed by atoms with Crippen LogP contribution in [0.3, 0.4) is 0 Å². The Kier molecular flexibility index (Phi) is 3.70. The second-order valence-electron chi connectivity index (χ2n) is 5.27. The van der Waals surface area contributed by atoms with Crippen LogP contribution < -0.4 is 4.90 Å². The summed E-state index contributed by atoms with van der Waals surface area (Å²) in [7, 11) is 0. The molecule has 114 valence electrons. The number of hydrogen-bond acceptors (Lipinski definition) is 4. The van der Waals surface area contributed by atoms with Gasteiger partial charge < -0.3 is 4.90 Å². The summed E-state index contributed by atoms with van der Waals surface area (Å²) in [6.45, 7) is 8.48. The second-order valence-corrected chi connectivity index (χ2v) is 6.25. The first-order valence-electron chi connectivity index (χ1n) is 7.22. The molecule has 2 heterocycles. The summed E-state index contributed by atoms with van der Waals surface area (Å²) in [6, 6.07) is 8.00. The van der Waals surface area contributed by atoms with Gasteiger partial charge in [0, 0.05) is 17.9 Å². The monoisotopic (exact) mass is 314 g/mol. The van der Waals surface area contributed by atoms with Gasteiger partial charge in [0.15, 0.2) is 0 Å². The normalized spacial score (nSPS) is 11.1.